The van der Waals surface area contributed by atoms with Crippen molar-refractivity contribution in [1.82, 2.24) is 10.3 Å². The number of aromatic nitrogens is 1. The van der Waals surface area contributed by atoms with Crippen LogP contribution in [-0.4, -0.2) is 21.7 Å². The van der Waals surface area contributed by atoms with Gasteiger partial charge in [0.2, 0.25) is 0 Å². The van der Waals surface area contributed by atoms with E-state index in [4.69, 9.17) is 0 Å². The molecular formula is C15H14N4O4. The maximum absolute atomic E-state index is 11.8. The van der Waals surface area contributed by atoms with Gasteiger partial charge in [-0.05, 0) is 30.7 Å². The van der Waals surface area contributed by atoms with Crippen LogP contribution < -0.4 is 10.6 Å². The fourth-order valence-electron chi connectivity index (χ4n) is 1.83. The van der Waals surface area contributed by atoms with Gasteiger partial charge in [0.1, 0.15) is 5.69 Å². The molecule has 0 bridgehead atoms. The fraction of sp³-hybridized carbons (Fsp3) is 0.133. The van der Waals surface area contributed by atoms with E-state index in [9.17, 15) is 19.7 Å². The second-order valence-electron chi connectivity index (χ2n) is 4.74. The van der Waals surface area contributed by atoms with E-state index in [1.807, 2.05) is 0 Å². The highest BCUT2D eigenvalue weighted by atomic mass is 16.6. The van der Waals surface area contributed by atoms with Crippen LogP contribution >= 0.6 is 0 Å². The summed E-state index contributed by atoms with van der Waals surface area (Å²) in [5, 5.41) is 15.6. The highest BCUT2D eigenvalue weighted by Crippen LogP contribution is 2.25. The van der Waals surface area contributed by atoms with Crippen LogP contribution in [0.1, 0.15) is 11.3 Å². The molecule has 2 N–H and O–H groups in total. The first kappa shape index (κ1) is 16.1. The molecule has 0 unspecified atom stereocenters. The van der Waals surface area contributed by atoms with Crippen molar-refractivity contribution in [3.05, 3.63) is 64.0 Å². The van der Waals surface area contributed by atoms with Gasteiger partial charge in [0, 0.05) is 12.3 Å². The Bertz CT molecular complexity index is 746. The largest absolute Gasteiger partial charge is 0.342 e. The van der Waals surface area contributed by atoms with Gasteiger partial charge in [0.15, 0.2) is 0 Å². The lowest BCUT2D eigenvalue weighted by molar-refractivity contribution is -0.384. The van der Waals surface area contributed by atoms with Crippen LogP contribution in [0.25, 0.3) is 0 Å². The van der Waals surface area contributed by atoms with E-state index in [1.54, 1.807) is 37.4 Å². The molecule has 2 aromatic rings. The lowest BCUT2D eigenvalue weighted by atomic mass is 10.2. The Morgan fingerprint density at radius 3 is 2.65 bits per heavy atom. The van der Waals surface area contributed by atoms with Crippen molar-refractivity contribution in [2.24, 2.45) is 0 Å². The third kappa shape index (κ3) is 4.34. The number of nitrogens with zero attached hydrogens (tertiary/aromatic N) is 2. The molecule has 23 heavy (non-hydrogen) atoms. The predicted octanol–water partition coefficient (Wildman–Crippen LogP) is 1.55. The van der Waals surface area contributed by atoms with Gasteiger partial charge in [0.05, 0.1) is 17.2 Å². The van der Waals surface area contributed by atoms with Crippen LogP contribution in [0.5, 0.6) is 0 Å². The summed E-state index contributed by atoms with van der Waals surface area (Å²) in [5.74, 6) is -1.88. The first-order valence-corrected chi connectivity index (χ1v) is 6.71. The molecule has 0 fully saturated rings. The lowest BCUT2D eigenvalue weighted by Gasteiger charge is -2.07. The number of amides is 2. The standard InChI is InChI=1S/C15H14N4O4/c1-10-5-6-12(13(8-10)19(22)23)18-15(21)14(20)17-9-11-4-2-3-7-16-11/h2-8H,9H2,1H3,(H,17,20)(H,18,21). The number of aryl methyl sites for hydroxylation is 1. The molecule has 1 aromatic heterocycles. The molecule has 0 aliphatic rings. The number of nitro benzene ring substituents is 1. The summed E-state index contributed by atoms with van der Waals surface area (Å²) in [7, 11) is 0. The number of carbonyl (C=O) groups excluding carboxylic acids is 2. The minimum absolute atomic E-state index is 0.0291. The van der Waals surface area contributed by atoms with E-state index in [0.29, 0.717) is 11.3 Å². The van der Waals surface area contributed by atoms with E-state index in [-0.39, 0.29) is 17.9 Å². The fourth-order valence-corrected chi connectivity index (χ4v) is 1.83. The first-order chi connectivity index (χ1) is 11.0. The Morgan fingerprint density at radius 2 is 2.00 bits per heavy atom. The van der Waals surface area contributed by atoms with E-state index in [0.717, 1.165) is 0 Å². The summed E-state index contributed by atoms with van der Waals surface area (Å²) in [5.41, 5.74) is 0.971. The van der Waals surface area contributed by atoms with Gasteiger partial charge >= 0.3 is 11.8 Å². The number of rotatable bonds is 4. The van der Waals surface area contributed by atoms with Crippen LogP contribution in [-0.2, 0) is 16.1 Å². The minimum Gasteiger partial charge on any atom is -0.342 e. The third-order valence-electron chi connectivity index (χ3n) is 2.96. The van der Waals surface area contributed by atoms with E-state index < -0.39 is 16.7 Å². The summed E-state index contributed by atoms with van der Waals surface area (Å²) in [4.78, 5) is 37.9. The quantitative estimate of drug-likeness (QED) is 0.505. The number of nitro groups is 1. The lowest BCUT2D eigenvalue weighted by Crippen LogP contribution is -2.35. The zero-order valence-corrected chi connectivity index (χ0v) is 12.3. The van der Waals surface area contributed by atoms with Gasteiger partial charge in [-0.3, -0.25) is 24.7 Å². The second-order valence-corrected chi connectivity index (χ2v) is 4.74. The van der Waals surface area contributed by atoms with Crippen LogP contribution in [0.3, 0.4) is 0 Å². The summed E-state index contributed by atoms with van der Waals surface area (Å²) in [6, 6.07) is 9.50. The Labute approximate surface area is 131 Å². The maximum Gasteiger partial charge on any atom is 0.313 e. The number of carbonyl (C=O) groups is 2. The predicted molar refractivity (Wildman–Crippen MR) is 82.5 cm³/mol. The highest BCUT2D eigenvalue weighted by Gasteiger charge is 2.19. The van der Waals surface area contributed by atoms with Crippen molar-refractivity contribution in [3.63, 3.8) is 0 Å². The molecule has 8 heteroatoms. The Balaban J connectivity index is 2.01. The van der Waals surface area contributed by atoms with E-state index >= 15 is 0 Å². The van der Waals surface area contributed by atoms with Gasteiger partial charge in [-0.1, -0.05) is 12.1 Å². The van der Waals surface area contributed by atoms with Crippen molar-refractivity contribution in [3.8, 4) is 0 Å². The molecule has 1 heterocycles. The molecule has 2 amide bonds. The zero-order chi connectivity index (χ0) is 16.8. The van der Waals surface area contributed by atoms with Gasteiger partial charge in [-0.2, -0.15) is 0 Å². The monoisotopic (exact) mass is 314 g/mol. The van der Waals surface area contributed by atoms with Crippen LogP contribution in [0.15, 0.2) is 42.6 Å². The molecule has 0 saturated carbocycles. The Kier molecular flexibility index (Phi) is 4.98. The molecule has 0 spiro atoms. The first-order valence-electron chi connectivity index (χ1n) is 6.71. The number of hydrogen-bond acceptors (Lipinski definition) is 5. The van der Waals surface area contributed by atoms with Gasteiger partial charge in [-0.25, -0.2) is 0 Å². The summed E-state index contributed by atoms with van der Waals surface area (Å²) >= 11 is 0. The van der Waals surface area contributed by atoms with Crippen LogP contribution in [0.2, 0.25) is 0 Å². The summed E-state index contributed by atoms with van der Waals surface area (Å²) in [6.07, 6.45) is 1.57. The third-order valence-corrected chi connectivity index (χ3v) is 2.96. The number of hydrogen-bond donors (Lipinski definition) is 2. The van der Waals surface area contributed by atoms with Crippen LogP contribution in [0.4, 0.5) is 11.4 Å². The molecule has 0 aliphatic carbocycles. The van der Waals surface area contributed by atoms with Crippen molar-refractivity contribution in [2.45, 2.75) is 13.5 Å². The minimum atomic E-state index is -0.979. The molecular weight excluding hydrogens is 300 g/mol. The molecule has 1 aromatic carbocycles. The van der Waals surface area contributed by atoms with E-state index in [2.05, 4.69) is 15.6 Å². The number of anilines is 1. The Hall–Kier alpha value is -3.29. The zero-order valence-electron chi connectivity index (χ0n) is 12.3. The number of benzene rings is 1. The topological polar surface area (TPSA) is 114 Å². The molecule has 118 valence electrons. The smallest absolute Gasteiger partial charge is 0.313 e. The molecule has 8 nitrogen and oxygen atoms in total. The van der Waals surface area contributed by atoms with Crippen molar-refractivity contribution < 1.29 is 14.5 Å². The molecule has 0 saturated heterocycles. The number of nitrogens with one attached hydrogen (secondary N) is 2. The summed E-state index contributed by atoms with van der Waals surface area (Å²) < 4.78 is 0. The van der Waals surface area contributed by atoms with Gasteiger partial charge in [0.25, 0.3) is 5.69 Å². The highest BCUT2D eigenvalue weighted by molar-refractivity contribution is 6.39. The van der Waals surface area contributed by atoms with Crippen molar-refractivity contribution in [2.75, 3.05) is 5.32 Å². The summed E-state index contributed by atoms with van der Waals surface area (Å²) in [6.45, 7) is 1.78. The SMILES string of the molecule is Cc1ccc(NC(=O)C(=O)NCc2ccccn2)c([N+](=O)[O-])c1. The average Bonchev–Trinajstić information content (AvgIpc) is 2.55. The normalized spacial score (nSPS) is 9.96. The molecule has 0 atom stereocenters. The molecule has 0 radical (unpaired) electrons. The molecule has 0 aliphatic heterocycles. The van der Waals surface area contributed by atoms with E-state index in [1.165, 1.54) is 12.1 Å². The number of pyridine rings is 1. The van der Waals surface area contributed by atoms with Gasteiger partial charge < -0.3 is 10.6 Å². The second kappa shape index (κ2) is 7.12. The maximum atomic E-state index is 11.8. The average molecular weight is 314 g/mol. The van der Waals surface area contributed by atoms with Gasteiger partial charge in [-0.15, -0.1) is 0 Å². The van der Waals surface area contributed by atoms with Crippen molar-refractivity contribution >= 4 is 23.2 Å². The van der Waals surface area contributed by atoms with Crippen LogP contribution in [0, 0.1) is 17.0 Å². The van der Waals surface area contributed by atoms with Crippen molar-refractivity contribution in [1.29, 1.82) is 0 Å². The Morgan fingerprint density at radius 1 is 1.22 bits per heavy atom. The molecule has 2 rings (SSSR count).